The molecule has 0 bridgehead atoms. The summed E-state index contributed by atoms with van der Waals surface area (Å²) in [6.07, 6.45) is 0.964. The molecule has 0 unspecified atom stereocenters. The molecule has 5 heteroatoms. The second-order valence-electron chi connectivity index (χ2n) is 1.23. The molecule has 0 spiro atoms. The predicted octanol–water partition coefficient (Wildman–Crippen LogP) is 0.593. The second kappa shape index (κ2) is 6.98. The Morgan fingerprint density at radius 2 is 1.70 bits per heavy atom. The zero-order chi connectivity index (χ0) is 8.62. The van der Waals surface area contributed by atoms with Crippen molar-refractivity contribution in [3.8, 4) is 0 Å². The maximum Gasteiger partial charge on any atom is 0.266 e. The first-order chi connectivity index (χ1) is 4.56. The van der Waals surface area contributed by atoms with Crippen LogP contribution in [0.3, 0.4) is 0 Å². The Morgan fingerprint density at radius 1 is 1.30 bits per heavy atom. The normalized spacial score (nSPS) is 10.0. The van der Waals surface area contributed by atoms with Crippen LogP contribution in [0.15, 0.2) is 0 Å². The molecule has 0 aromatic heterocycles. The van der Waals surface area contributed by atoms with E-state index in [0.29, 0.717) is 0 Å². The quantitative estimate of drug-likeness (QED) is 0.459. The maximum atomic E-state index is 10.1. The molecular weight excluding hydrogens is 156 g/mol. The molecule has 0 aromatic rings. The first-order valence-corrected chi connectivity index (χ1v) is 4.71. The molecule has 0 aliphatic carbocycles. The first-order valence-electron chi connectivity index (χ1n) is 2.89. The van der Waals surface area contributed by atoms with E-state index in [0.717, 1.165) is 6.26 Å². The third kappa shape index (κ3) is 15.7. The van der Waals surface area contributed by atoms with Gasteiger partial charge in [0, 0.05) is 7.11 Å². The molecule has 4 nitrogen and oxygen atoms in total. The lowest BCUT2D eigenvalue weighted by atomic mass is 11.0. The SMILES string of the molecule is CC.COCOS(C)(=O)=O. The standard InChI is InChI=1S/C3H8O4S.C2H6/c1-6-3-7-8(2,4)5;1-2/h3H2,1-2H3;1-2H3. The monoisotopic (exact) mass is 170 g/mol. The van der Waals surface area contributed by atoms with E-state index in [4.69, 9.17) is 0 Å². The average Bonchev–Trinajstić information content (AvgIpc) is 1.87. The third-order valence-corrected chi connectivity index (χ3v) is 0.904. The molecule has 0 heterocycles. The lowest BCUT2D eigenvalue weighted by molar-refractivity contribution is 0.0569. The Balaban J connectivity index is 0. The fourth-order valence-corrected chi connectivity index (χ4v) is 0.407. The Hall–Kier alpha value is -0.130. The van der Waals surface area contributed by atoms with Gasteiger partial charge in [0.25, 0.3) is 10.1 Å². The second-order valence-corrected chi connectivity index (χ2v) is 2.87. The summed E-state index contributed by atoms with van der Waals surface area (Å²) < 4.78 is 28.6. The number of methoxy groups -OCH3 is 1. The molecular formula is C5H14O4S. The molecule has 0 amide bonds. The predicted molar refractivity (Wildman–Crippen MR) is 39.2 cm³/mol. The van der Waals surface area contributed by atoms with E-state index in [1.165, 1.54) is 7.11 Å². The van der Waals surface area contributed by atoms with Crippen molar-refractivity contribution >= 4 is 10.1 Å². The largest absolute Gasteiger partial charge is 0.357 e. The van der Waals surface area contributed by atoms with Gasteiger partial charge in [0.2, 0.25) is 0 Å². The maximum absolute atomic E-state index is 10.1. The number of hydrogen-bond acceptors (Lipinski definition) is 4. The van der Waals surface area contributed by atoms with Gasteiger partial charge < -0.3 is 4.74 Å². The van der Waals surface area contributed by atoms with Crippen LogP contribution < -0.4 is 0 Å². The van der Waals surface area contributed by atoms with Crippen molar-refractivity contribution in [1.82, 2.24) is 0 Å². The molecule has 10 heavy (non-hydrogen) atoms. The molecule has 0 aliphatic heterocycles. The van der Waals surface area contributed by atoms with Gasteiger partial charge in [-0.1, -0.05) is 13.8 Å². The molecule has 0 aliphatic rings. The van der Waals surface area contributed by atoms with E-state index in [-0.39, 0.29) is 6.79 Å². The highest BCUT2D eigenvalue weighted by atomic mass is 32.2. The van der Waals surface area contributed by atoms with Gasteiger partial charge in [-0.2, -0.15) is 8.42 Å². The highest BCUT2D eigenvalue weighted by Crippen LogP contribution is 1.83. The highest BCUT2D eigenvalue weighted by molar-refractivity contribution is 7.85. The van der Waals surface area contributed by atoms with Gasteiger partial charge in [0.15, 0.2) is 6.79 Å². The molecule has 0 atom stereocenters. The van der Waals surface area contributed by atoms with E-state index in [1.54, 1.807) is 0 Å². The number of rotatable bonds is 3. The summed E-state index contributed by atoms with van der Waals surface area (Å²) in [6.45, 7) is 3.79. The van der Waals surface area contributed by atoms with Crippen molar-refractivity contribution in [2.45, 2.75) is 13.8 Å². The smallest absolute Gasteiger partial charge is 0.266 e. The van der Waals surface area contributed by atoms with Gasteiger partial charge in [-0.05, 0) is 0 Å². The van der Waals surface area contributed by atoms with Crippen molar-refractivity contribution in [1.29, 1.82) is 0 Å². The van der Waals surface area contributed by atoms with Crippen LogP contribution in [-0.4, -0.2) is 28.6 Å². The van der Waals surface area contributed by atoms with Crippen LogP contribution in [0.2, 0.25) is 0 Å². The van der Waals surface area contributed by atoms with E-state index < -0.39 is 10.1 Å². The van der Waals surface area contributed by atoms with Crippen LogP contribution in [0, 0.1) is 0 Å². The Morgan fingerprint density at radius 3 is 1.80 bits per heavy atom. The summed E-state index contributed by atoms with van der Waals surface area (Å²) in [5.74, 6) is 0. The molecule has 0 rings (SSSR count). The minimum atomic E-state index is -3.31. The van der Waals surface area contributed by atoms with Crippen LogP contribution in [0.25, 0.3) is 0 Å². The summed E-state index contributed by atoms with van der Waals surface area (Å²) in [4.78, 5) is 0. The fourth-order valence-electron chi connectivity index (χ4n) is 0.136. The average molecular weight is 170 g/mol. The summed E-state index contributed by atoms with van der Waals surface area (Å²) in [5, 5.41) is 0. The lowest BCUT2D eigenvalue weighted by Gasteiger charge is -1.95. The van der Waals surface area contributed by atoms with Crippen LogP contribution in [0.1, 0.15) is 13.8 Å². The summed E-state index contributed by atoms with van der Waals surface area (Å²) in [5.41, 5.74) is 0. The zero-order valence-electron chi connectivity index (χ0n) is 6.75. The first kappa shape index (κ1) is 12.5. The molecule has 0 saturated carbocycles. The van der Waals surface area contributed by atoms with Crippen LogP contribution in [-0.2, 0) is 19.0 Å². The van der Waals surface area contributed by atoms with Gasteiger partial charge in [-0.3, -0.25) is 0 Å². The van der Waals surface area contributed by atoms with E-state index in [2.05, 4.69) is 8.92 Å². The highest BCUT2D eigenvalue weighted by Gasteiger charge is 1.97. The third-order valence-electron chi connectivity index (χ3n) is 0.380. The Labute approximate surface area is 62.3 Å². The molecule has 0 aromatic carbocycles. The lowest BCUT2D eigenvalue weighted by Crippen LogP contribution is -2.04. The molecule has 0 radical (unpaired) electrons. The minimum absolute atomic E-state index is 0.209. The number of hydrogen-bond donors (Lipinski definition) is 0. The Kier molecular flexibility index (Phi) is 8.75. The summed E-state index contributed by atoms with van der Waals surface area (Å²) >= 11 is 0. The van der Waals surface area contributed by atoms with Gasteiger partial charge in [-0.25, -0.2) is 4.18 Å². The number of ether oxygens (including phenoxy) is 1. The van der Waals surface area contributed by atoms with Crippen molar-refractivity contribution in [3.63, 3.8) is 0 Å². The van der Waals surface area contributed by atoms with Crippen LogP contribution in [0.5, 0.6) is 0 Å². The van der Waals surface area contributed by atoms with Crippen molar-refractivity contribution in [3.05, 3.63) is 0 Å². The van der Waals surface area contributed by atoms with E-state index in [1.807, 2.05) is 13.8 Å². The van der Waals surface area contributed by atoms with E-state index in [9.17, 15) is 8.42 Å². The summed E-state index contributed by atoms with van der Waals surface area (Å²) in [7, 11) is -1.96. The van der Waals surface area contributed by atoms with Crippen LogP contribution >= 0.6 is 0 Å². The van der Waals surface area contributed by atoms with Gasteiger partial charge in [-0.15, -0.1) is 0 Å². The zero-order valence-corrected chi connectivity index (χ0v) is 7.56. The molecule has 0 saturated heterocycles. The topological polar surface area (TPSA) is 52.6 Å². The van der Waals surface area contributed by atoms with Crippen molar-refractivity contribution in [2.75, 3.05) is 20.2 Å². The van der Waals surface area contributed by atoms with Gasteiger partial charge >= 0.3 is 0 Å². The van der Waals surface area contributed by atoms with Crippen molar-refractivity contribution in [2.24, 2.45) is 0 Å². The fraction of sp³-hybridized carbons (Fsp3) is 1.00. The summed E-state index contributed by atoms with van der Waals surface area (Å²) in [6, 6.07) is 0. The Bertz CT molecular complexity index is 138. The van der Waals surface area contributed by atoms with Gasteiger partial charge in [0.05, 0.1) is 6.26 Å². The van der Waals surface area contributed by atoms with Crippen molar-refractivity contribution < 1.29 is 17.3 Å². The molecule has 0 fully saturated rings. The molecule has 64 valence electrons. The van der Waals surface area contributed by atoms with Crippen LogP contribution in [0.4, 0.5) is 0 Å². The molecule has 0 N–H and O–H groups in total. The van der Waals surface area contributed by atoms with Gasteiger partial charge in [0.1, 0.15) is 0 Å². The van der Waals surface area contributed by atoms with E-state index >= 15 is 0 Å². The minimum Gasteiger partial charge on any atom is -0.357 e.